The third-order valence-corrected chi connectivity index (χ3v) is 3.43. The standard InChI is InChI=1S/C19H22N2O4/c1-4-24-16-7-5-6-15(19(16)23)11-20-21-18(22)12-25-17-10-13(2)8-9-14(17)3/h5-11,23H,4,12H2,1-3H3,(H,21,22)/b20-11+. The summed E-state index contributed by atoms with van der Waals surface area (Å²) in [5, 5.41) is 13.9. The first kappa shape index (κ1) is 18.3. The van der Waals surface area contributed by atoms with Crippen molar-refractivity contribution < 1.29 is 19.4 Å². The van der Waals surface area contributed by atoms with E-state index in [4.69, 9.17) is 9.47 Å². The van der Waals surface area contributed by atoms with Gasteiger partial charge >= 0.3 is 0 Å². The number of hydrazone groups is 1. The van der Waals surface area contributed by atoms with Crippen LogP contribution in [0.1, 0.15) is 23.6 Å². The molecule has 2 rings (SSSR count). The molecule has 0 bridgehead atoms. The Bertz CT molecular complexity index is 772. The third kappa shape index (κ3) is 5.24. The van der Waals surface area contributed by atoms with Crippen LogP contribution in [0.25, 0.3) is 0 Å². The summed E-state index contributed by atoms with van der Waals surface area (Å²) in [5.41, 5.74) is 4.83. The average molecular weight is 342 g/mol. The van der Waals surface area contributed by atoms with Gasteiger partial charge in [0.25, 0.3) is 5.91 Å². The number of benzene rings is 2. The Morgan fingerprint density at radius 1 is 1.20 bits per heavy atom. The molecule has 2 aromatic rings. The number of aryl methyl sites for hydroxylation is 2. The van der Waals surface area contributed by atoms with Crippen LogP contribution in [-0.4, -0.2) is 30.4 Å². The lowest BCUT2D eigenvalue weighted by Crippen LogP contribution is -2.24. The molecule has 0 aliphatic carbocycles. The summed E-state index contributed by atoms with van der Waals surface area (Å²) >= 11 is 0. The molecule has 0 aliphatic rings. The third-order valence-electron chi connectivity index (χ3n) is 3.43. The van der Waals surface area contributed by atoms with Crippen LogP contribution in [0.3, 0.4) is 0 Å². The largest absolute Gasteiger partial charge is 0.504 e. The van der Waals surface area contributed by atoms with Crippen LogP contribution >= 0.6 is 0 Å². The van der Waals surface area contributed by atoms with E-state index in [0.717, 1.165) is 11.1 Å². The van der Waals surface area contributed by atoms with Crippen molar-refractivity contribution in [2.24, 2.45) is 5.10 Å². The molecule has 0 spiro atoms. The number of amides is 1. The summed E-state index contributed by atoms with van der Waals surface area (Å²) in [6.07, 6.45) is 1.35. The number of rotatable bonds is 7. The number of hydrogen-bond donors (Lipinski definition) is 2. The molecule has 0 atom stereocenters. The van der Waals surface area contributed by atoms with Gasteiger partial charge in [0.05, 0.1) is 12.8 Å². The normalized spacial score (nSPS) is 10.7. The van der Waals surface area contributed by atoms with Crippen LogP contribution < -0.4 is 14.9 Å². The van der Waals surface area contributed by atoms with Crippen LogP contribution in [-0.2, 0) is 4.79 Å². The van der Waals surface area contributed by atoms with Gasteiger partial charge < -0.3 is 14.6 Å². The zero-order valence-electron chi connectivity index (χ0n) is 14.6. The number of nitrogens with zero attached hydrogens (tertiary/aromatic N) is 1. The zero-order chi connectivity index (χ0) is 18.2. The van der Waals surface area contributed by atoms with Gasteiger partial charge in [0.2, 0.25) is 0 Å². The summed E-state index contributed by atoms with van der Waals surface area (Å²) in [5.74, 6) is 0.629. The highest BCUT2D eigenvalue weighted by Gasteiger charge is 2.07. The fourth-order valence-corrected chi connectivity index (χ4v) is 2.13. The lowest BCUT2D eigenvalue weighted by Gasteiger charge is -2.09. The first-order chi connectivity index (χ1) is 12.0. The van der Waals surface area contributed by atoms with Gasteiger partial charge in [-0.15, -0.1) is 0 Å². The summed E-state index contributed by atoms with van der Waals surface area (Å²) < 4.78 is 10.8. The summed E-state index contributed by atoms with van der Waals surface area (Å²) in [7, 11) is 0. The second-order valence-electron chi connectivity index (χ2n) is 5.48. The molecule has 6 nitrogen and oxygen atoms in total. The Hall–Kier alpha value is -3.02. The fourth-order valence-electron chi connectivity index (χ4n) is 2.13. The second-order valence-corrected chi connectivity index (χ2v) is 5.48. The average Bonchev–Trinajstić information content (AvgIpc) is 2.59. The number of phenolic OH excluding ortho intramolecular Hbond substituents is 1. The number of ether oxygens (including phenoxy) is 2. The molecule has 2 aromatic carbocycles. The van der Waals surface area contributed by atoms with E-state index in [9.17, 15) is 9.90 Å². The molecule has 6 heteroatoms. The Morgan fingerprint density at radius 3 is 2.76 bits per heavy atom. The summed E-state index contributed by atoms with van der Waals surface area (Å²) in [4.78, 5) is 11.8. The van der Waals surface area contributed by atoms with E-state index in [0.29, 0.717) is 23.7 Å². The monoisotopic (exact) mass is 342 g/mol. The molecule has 1 amide bonds. The van der Waals surface area contributed by atoms with Crippen LogP contribution in [0.2, 0.25) is 0 Å². The van der Waals surface area contributed by atoms with Crippen molar-refractivity contribution in [3.63, 3.8) is 0 Å². The lowest BCUT2D eigenvalue weighted by atomic mass is 10.1. The minimum atomic E-state index is -0.391. The van der Waals surface area contributed by atoms with Gasteiger partial charge in [-0.25, -0.2) is 5.43 Å². The first-order valence-electron chi connectivity index (χ1n) is 7.98. The molecule has 25 heavy (non-hydrogen) atoms. The number of nitrogens with one attached hydrogen (secondary N) is 1. The van der Waals surface area contributed by atoms with E-state index in [-0.39, 0.29) is 12.4 Å². The molecule has 0 aliphatic heterocycles. The molecule has 132 valence electrons. The zero-order valence-corrected chi connectivity index (χ0v) is 14.6. The molecular weight excluding hydrogens is 320 g/mol. The Morgan fingerprint density at radius 2 is 2.00 bits per heavy atom. The topological polar surface area (TPSA) is 80.2 Å². The SMILES string of the molecule is CCOc1cccc(/C=N/NC(=O)COc2cc(C)ccc2C)c1O. The van der Waals surface area contributed by atoms with E-state index in [1.807, 2.05) is 39.0 Å². The van der Waals surface area contributed by atoms with Crippen LogP contribution in [0, 0.1) is 13.8 Å². The van der Waals surface area contributed by atoms with Gasteiger partial charge in [-0.1, -0.05) is 18.2 Å². The predicted molar refractivity (Wildman–Crippen MR) is 96.4 cm³/mol. The first-order valence-corrected chi connectivity index (χ1v) is 7.98. The molecule has 0 radical (unpaired) electrons. The molecule has 0 aromatic heterocycles. The summed E-state index contributed by atoms with van der Waals surface area (Å²) in [6.45, 7) is 6.00. The van der Waals surface area contributed by atoms with Crippen molar-refractivity contribution in [3.8, 4) is 17.2 Å². The Balaban J connectivity index is 1.90. The highest BCUT2D eigenvalue weighted by Crippen LogP contribution is 2.28. The van der Waals surface area contributed by atoms with Crippen LogP contribution in [0.5, 0.6) is 17.2 Å². The minimum Gasteiger partial charge on any atom is -0.504 e. The van der Waals surface area contributed by atoms with E-state index in [1.165, 1.54) is 6.21 Å². The van der Waals surface area contributed by atoms with Crippen LogP contribution in [0.4, 0.5) is 0 Å². The highest BCUT2D eigenvalue weighted by molar-refractivity contribution is 5.86. The van der Waals surface area contributed by atoms with Gasteiger partial charge in [-0.05, 0) is 50.1 Å². The van der Waals surface area contributed by atoms with Gasteiger partial charge in [0.1, 0.15) is 5.75 Å². The second kappa shape index (κ2) is 8.73. The number of para-hydroxylation sites is 1. The smallest absolute Gasteiger partial charge is 0.277 e. The number of hydrogen-bond acceptors (Lipinski definition) is 5. The highest BCUT2D eigenvalue weighted by atomic mass is 16.5. The Kier molecular flexibility index (Phi) is 6.39. The van der Waals surface area contributed by atoms with Crippen molar-refractivity contribution >= 4 is 12.1 Å². The quantitative estimate of drug-likeness (QED) is 0.599. The predicted octanol–water partition coefficient (Wildman–Crippen LogP) is 2.94. The number of carbonyl (C=O) groups is 1. The van der Waals surface area contributed by atoms with Gasteiger partial charge in [0, 0.05) is 5.56 Å². The van der Waals surface area contributed by atoms with Crippen molar-refractivity contribution in [3.05, 3.63) is 53.1 Å². The van der Waals surface area contributed by atoms with E-state index < -0.39 is 5.91 Å². The molecule has 0 saturated heterocycles. The molecule has 2 N–H and O–H groups in total. The number of phenols is 1. The molecule has 0 unspecified atom stereocenters. The molecular formula is C19H22N2O4. The van der Waals surface area contributed by atoms with Crippen molar-refractivity contribution in [2.75, 3.05) is 13.2 Å². The maximum atomic E-state index is 11.8. The van der Waals surface area contributed by atoms with Crippen LogP contribution in [0.15, 0.2) is 41.5 Å². The van der Waals surface area contributed by atoms with Crippen molar-refractivity contribution in [1.29, 1.82) is 0 Å². The van der Waals surface area contributed by atoms with E-state index in [1.54, 1.807) is 18.2 Å². The Labute approximate surface area is 147 Å². The molecule has 0 fully saturated rings. The lowest BCUT2D eigenvalue weighted by molar-refractivity contribution is -0.123. The number of aromatic hydroxyl groups is 1. The summed E-state index contributed by atoms with van der Waals surface area (Å²) in [6, 6.07) is 10.9. The van der Waals surface area contributed by atoms with Gasteiger partial charge in [-0.3, -0.25) is 4.79 Å². The van der Waals surface area contributed by atoms with Crippen molar-refractivity contribution in [2.45, 2.75) is 20.8 Å². The van der Waals surface area contributed by atoms with E-state index in [2.05, 4.69) is 10.5 Å². The van der Waals surface area contributed by atoms with E-state index >= 15 is 0 Å². The van der Waals surface area contributed by atoms with Gasteiger partial charge in [-0.2, -0.15) is 5.10 Å². The maximum absolute atomic E-state index is 11.8. The maximum Gasteiger partial charge on any atom is 0.277 e. The number of carbonyl (C=O) groups excluding carboxylic acids is 1. The van der Waals surface area contributed by atoms with Gasteiger partial charge in [0.15, 0.2) is 18.1 Å². The molecule has 0 heterocycles. The fraction of sp³-hybridized carbons (Fsp3) is 0.263. The molecule has 0 saturated carbocycles. The minimum absolute atomic E-state index is 0.0195. The van der Waals surface area contributed by atoms with Crippen molar-refractivity contribution in [1.82, 2.24) is 5.43 Å².